The molecule has 0 aliphatic carbocycles. The summed E-state index contributed by atoms with van der Waals surface area (Å²) in [5.41, 5.74) is 0.792. The van der Waals surface area contributed by atoms with Crippen LogP contribution in [0.4, 0.5) is 0 Å². The van der Waals surface area contributed by atoms with E-state index in [1.54, 1.807) is 7.11 Å². The van der Waals surface area contributed by atoms with E-state index in [9.17, 15) is 5.11 Å². The maximum absolute atomic E-state index is 10.6. The molecular formula is C16H27NO2. The minimum Gasteiger partial charge on any atom is -0.388 e. The van der Waals surface area contributed by atoms with Gasteiger partial charge < -0.3 is 14.7 Å². The van der Waals surface area contributed by atoms with Crippen molar-refractivity contribution in [1.82, 2.24) is 4.90 Å². The number of likely N-dealkylation sites (N-methyl/N-ethyl adjacent to an activating group) is 1. The number of nitrogens with zero attached hydrogens (tertiary/aromatic N) is 1. The van der Waals surface area contributed by atoms with E-state index >= 15 is 0 Å². The second-order valence-electron chi connectivity index (χ2n) is 5.66. The summed E-state index contributed by atoms with van der Waals surface area (Å²) in [6, 6.07) is 9.88. The molecule has 0 aliphatic rings. The summed E-state index contributed by atoms with van der Waals surface area (Å²) in [6.45, 7) is 9.81. The molecule has 1 rings (SSSR count). The lowest BCUT2D eigenvalue weighted by Crippen LogP contribution is -2.39. The Morgan fingerprint density at radius 3 is 2.42 bits per heavy atom. The molecule has 0 radical (unpaired) electrons. The van der Waals surface area contributed by atoms with Crippen LogP contribution >= 0.6 is 0 Å². The van der Waals surface area contributed by atoms with Gasteiger partial charge >= 0.3 is 0 Å². The Labute approximate surface area is 117 Å². The summed E-state index contributed by atoms with van der Waals surface area (Å²) in [7, 11) is 1.72. The fourth-order valence-corrected chi connectivity index (χ4v) is 2.32. The van der Waals surface area contributed by atoms with Crippen LogP contribution in [0.15, 0.2) is 30.3 Å². The molecule has 1 aromatic rings. The highest BCUT2D eigenvalue weighted by Gasteiger charge is 2.30. The molecule has 1 atom stereocenters. The van der Waals surface area contributed by atoms with Gasteiger partial charge in [-0.3, -0.25) is 0 Å². The summed E-state index contributed by atoms with van der Waals surface area (Å²) in [5.74, 6) is 0. The van der Waals surface area contributed by atoms with Gasteiger partial charge in [-0.1, -0.05) is 51.1 Å². The molecule has 0 heterocycles. The maximum Gasteiger partial charge on any atom is 0.0853 e. The molecule has 0 saturated heterocycles. The van der Waals surface area contributed by atoms with Crippen molar-refractivity contribution in [3.8, 4) is 0 Å². The number of hydrogen-bond acceptors (Lipinski definition) is 3. The average Bonchev–Trinajstić information content (AvgIpc) is 2.43. The van der Waals surface area contributed by atoms with Crippen LogP contribution in [0.5, 0.6) is 0 Å². The number of methoxy groups -OCH3 is 1. The van der Waals surface area contributed by atoms with Crippen molar-refractivity contribution in [2.24, 2.45) is 5.41 Å². The first-order valence-electron chi connectivity index (χ1n) is 6.95. The van der Waals surface area contributed by atoms with E-state index in [1.165, 1.54) is 0 Å². The quantitative estimate of drug-likeness (QED) is 0.784. The van der Waals surface area contributed by atoms with Crippen LogP contribution in [-0.2, 0) is 4.74 Å². The van der Waals surface area contributed by atoms with Crippen LogP contribution in [0.3, 0.4) is 0 Å². The molecule has 3 heteroatoms. The van der Waals surface area contributed by atoms with E-state index in [0.29, 0.717) is 0 Å². The van der Waals surface area contributed by atoms with Gasteiger partial charge in [-0.25, -0.2) is 0 Å². The van der Waals surface area contributed by atoms with Gasteiger partial charge in [0.15, 0.2) is 0 Å². The van der Waals surface area contributed by atoms with Crippen LogP contribution in [-0.4, -0.2) is 43.4 Å². The Morgan fingerprint density at radius 1 is 1.26 bits per heavy atom. The fraction of sp³-hybridized carbons (Fsp3) is 0.625. The standard InChI is InChI=1S/C16H27NO2/c1-5-17(11-12-19-4)13-16(2,3)15(18)14-9-7-6-8-10-14/h6-10,15,18H,5,11-13H2,1-4H3. The normalized spacial score (nSPS) is 13.8. The largest absolute Gasteiger partial charge is 0.388 e. The van der Waals surface area contributed by atoms with Crippen molar-refractivity contribution in [2.75, 3.05) is 33.4 Å². The topological polar surface area (TPSA) is 32.7 Å². The lowest BCUT2D eigenvalue weighted by Gasteiger charge is -2.36. The van der Waals surface area contributed by atoms with Gasteiger partial charge in [0.2, 0.25) is 0 Å². The highest BCUT2D eigenvalue weighted by Crippen LogP contribution is 2.33. The second kappa shape index (κ2) is 7.63. The third kappa shape index (κ3) is 4.94. The number of benzene rings is 1. The van der Waals surface area contributed by atoms with Crippen LogP contribution in [0, 0.1) is 5.41 Å². The minimum absolute atomic E-state index is 0.189. The number of aliphatic hydroxyl groups is 1. The second-order valence-corrected chi connectivity index (χ2v) is 5.66. The van der Waals surface area contributed by atoms with E-state index in [4.69, 9.17) is 4.74 Å². The third-order valence-corrected chi connectivity index (χ3v) is 3.55. The Hall–Kier alpha value is -0.900. The molecule has 0 bridgehead atoms. The van der Waals surface area contributed by atoms with E-state index in [0.717, 1.165) is 31.8 Å². The lowest BCUT2D eigenvalue weighted by atomic mass is 9.82. The Kier molecular flexibility index (Phi) is 6.49. The van der Waals surface area contributed by atoms with Gasteiger partial charge in [0.25, 0.3) is 0 Å². The number of rotatable bonds is 8. The molecule has 1 unspecified atom stereocenters. The van der Waals surface area contributed by atoms with Gasteiger partial charge in [-0.05, 0) is 12.1 Å². The van der Waals surface area contributed by atoms with Crippen LogP contribution in [0.2, 0.25) is 0 Å². The molecule has 0 aromatic heterocycles. The van der Waals surface area contributed by atoms with Crippen LogP contribution in [0.25, 0.3) is 0 Å². The molecule has 0 amide bonds. The van der Waals surface area contributed by atoms with Crippen LogP contribution in [0.1, 0.15) is 32.4 Å². The van der Waals surface area contributed by atoms with Crippen molar-refractivity contribution in [2.45, 2.75) is 26.9 Å². The number of ether oxygens (including phenoxy) is 1. The van der Waals surface area contributed by atoms with Gasteiger partial charge in [-0.15, -0.1) is 0 Å². The fourth-order valence-electron chi connectivity index (χ4n) is 2.32. The minimum atomic E-state index is -0.453. The first-order chi connectivity index (χ1) is 9.01. The molecule has 1 aromatic carbocycles. The molecule has 0 fully saturated rings. The maximum atomic E-state index is 10.6. The molecule has 1 N–H and O–H groups in total. The van der Waals surface area contributed by atoms with Crippen molar-refractivity contribution < 1.29 is 9.84 Å². The molecular weight excluding hydrogens is 238 g/mol. The molecule has 3 nitrogen and oxygen atoms in total. The zero-order valence-corrected chi connectivity index (χ0v) is 12.6. The lowest BCUT2D eigenvalue weighted by molar-refractivity contribution is 0.0159. The van der Waals surface area contributed by atoms with Crippen molar-refractivity contribution in [1.29, 1.82) is 0 Å². The predicted octanol–water partition coefficient (Wildman–Crippen LogP) is 2.71. The van der Waals surface area contributed by atoms with Gasteiger partial charge in [0, 0.05) is 25.6 Å². The van der Waals surface area contributed by atoms with E-state index < -0.39 is 6.10 Å². The van der Waals surface area contributed by atoms with E-state index in [-0.39, 0.29) is 5.41 Å². The van der Waals surface area contributed by atoms with E-state index in [1.807, 2.05) is 30.3 Å². The molecule has 19 heavy (non-hydrogen) atoms. The molecule has 0 aliphatic heterocycles. The Balaban J connectivity index is 2.68. The summed E-state index contributed by atoms with van der Waals surface area (Å²) < 4.78 is 5.13. The summed E-state index contributed by atoms with van der Waals surface area (Å²) in [5, 5.41) is 10.6. The number of hydrogen-bond donors (Lipinski definition) is 1. The first-order valence-corrected chi connectivity index (χ1v) is 6.95. The zero-order valence-electron chi connectivity index (χ0n) is 12.6. The molecule has 108 valence electrons. The van der Waals surface area contributed by atoms with E-state index in [2.05, 4.69) is 25.7 Å². The van der Waals surface area contributed by atoms with Crippen molar-refractivity contribution in [3.05, 3.63) is 35.9 Å². The summed E-state index contributed by atoms with van der Waals surface area (Å²) in [6.07, 6.45) is -0.453. The SMILES string of the molecule is CCN(CCOC)CC(C)(C)C(O)c1ccccc1. The monoisotopic (exact) mass is 265 g/mol. The third-order valence-electron chi connectivity index (χ3n) is 3.55. The summed E-state index contributed by atoms with van der Waals surface area (Å²) >= 11 is 0. The highest BCUT2D eigenvalue weighted by molar-refractivity contribution is 5.19. The van der Waals surface area contributed by atoms with Crippen molar-refractivity contribution in [3.63, 3.8) is 0 Å². The zero-order chi connectivity index (χ0) is 14.3. The van der Waals surface area contributed by atoms with Gasteiger partial charge in [-0.2, -0.15) is 0 Å². The van der Waals surface area contributed by atoms with Crippen molar-refractivity contribution >= 4 is 0 Å². The van der Waals surface area contributed by atoms with Gasteiger partial charge in [0.05, 0.1) is 12.7 Å². The van der Waals surface area contributed by atoms with Gasteiger partial charge in [0.1, 0.15) is 0 Å². The Morgan fingerprint density at radius 2 is 1.89 bits per heavy atom. The predicted molar refractivity (Wildman–Crippen MR) is 79.2 cm³/mol. The highest BCUT2D eigenvalue weighted by atomic mass is 16.5. The smallest absolute Gasteiger partial charge is 0.0853 e. The molecule has 0 spiro atoms. The number of aliphatic hydroxyl groups excluding tert-OH is 1. The molecule has 0 saturated carbocycles. The Bertz CT molecular complexity index is 351. The summed E-state index contributed by atoms with van der Waals surface area (Å²) in [4.78, 5) is 2.32. The average molecular weight is 265 g/mol. The first kappa shape index (κ1) is 16.2. The van der Waals surface area contributed by atoms with Crippen LogP contribution < -0.4 is 0 Å².